The molecule has 2 aromatic rings. The Morgan fingerprint density at radius 1 is 1.03 bits per heavy atom. The Labute approximate surface area is 178 Å². The van der Waals surface area contributed by atoms with Gasteiger partial charge in [-0.3, -0.25) is 9.59 Å². The molecule has 1 aliphatic heterocycles. The average Bonchev–Trinajstić information content (AvgIpc) is 3.17. The van der Waals surface area contributed by atoms with Gasteiger partial charge in [-0.2, -0.15) is 0 Å². The highest BCUT2D eigenvalue weighted by Gasteiger charge is 2.22. The molecule has 30 heavy (non-hydrogen) atoms. The number of carbonyl (C=O) groups excluding carboxylic acids is 2. The fourth-order valence-corrected chi connectivity index (χ4v) is 4.39. The molecule has 1 fully saturated rings. The Kier molecular flexibility index (Phi) is 6.36. The van der Waals surface area contributed by atoms with Crippen LogP contribution in [0.4, 0.5) is 0 Å². The number of ether oxygens (including phenoxy) is 1. The van der Waals surface area contributed by atoms with Crippen LogP contribution in [0.2, 0.25) is 0 Å². The molecule has 0 bridgehead atoms. The van der Waals surface area contributed by atoms with Crippen molar-refractivity contribution >= 4 is 11.8 Å². The summed E-state index contributed by atoms with van der Waals surface area (Å²) in [7, 11) is 0. The summed E-state index contributed by atoms with van der Waals surface area (Å²) in [6, 6.07) is 14.1. The zero-order valence-corrected chi connectivity index (χ0v) is 17.7. The lowest BCUT2D eigenvalue weighted by Crippen LogP contribution is -2.36. The van der Waals surface area contributed by atoms with Crippen molar-refractivity contribution in [1.82, 2.24) is 10.2 Å². The van der Waals surface area contributed by atoms with Crippen molar-refractivity contribution in [1.29, 1.82) is 0 Å². The van der Waals surface area contributed by atoms with Crippen molar-refractivity contribution < 1.29 is 14.3 Å². The van der Waals surface area contributed by atoms with Crippen LogP contribution in [0.5, 0.6) is 5.75 Å². The summed E-state index contributed by atoms with van der Waals surface area (Å²) in [5, 5.41) is 3.01. The highest BCUT2D eigenvalue weighted by molar-refractivity contribution is 5.81. The van der Waals surface area contributed by atoms with Crippen LogP contribution in [-0.4, -0.2) is 29.4 Å². The van der Waals surface area contributed by atoms with Crippen LogP contribution < -0.4 is 10.1 Å². The fraction of sp³-hybridized carbons (Fsp3) is 0.440. The van der Waals surface area contributed by atoms with Crippen LogP contribution in [0.1, 0.15) is 54.9 Å². The molecule has 4 rings (SSSR count). The number of likely N-dealkylation sites (tertiary alicyclic amines) is 1. The predicted molar refractivity (Wildman–Crippen MR) is 116 cm³/mol. The van der Waals surface area contributed by atoms with Crippen LogP contribution in [0.25, 0.3) is 0 Å². The summed E-state index contributed by atoms with van der Waals surface area (Å²) >= 11 is 0. The number of hydrogen-bond acceptors (Lipinski definition) is 3. The van der Waals surface area contributed by atoms with E-state index in [1.807, 2.05) is 41.3 Å². The number of nitrogens with one attached hydrogen (secondary N) is 1. The molecule has 2 aromatic carbocycles. The van der Waals surface area contributed by atoms with Crippen LogP contribution >= 0.6 is 0 Å². The molecule has 0 radical (unpaired) electrons. The van der Waals surface area contributed by atoms with Crippen LogP contribution in [-0.2, 0) is 35.5 Å². The molecule has 0 spiro atoms. The standard InChI is InChI=1S/C25H30N2O3/c1-18(30-23-13-6-11-19-8-4-5-12-22(19)23)25(29)26-16-20-9-2-3-10-21(20)17-27-15-7-14-24(27)28/h2-3,6,9-11,13,18H,4-5,7-8,12,14-17H2,1H3,(H,26,29)/t18-/m0/s1. The van der Waals surface area contributed by atoms with Gasteiger partial charge in [0.1, 0.15) is 5.75 Å². The minimum Gasteiger partial charge on any atom is -0.481 e. The van der Waals surface area contributed by atoms with E-state index in [0.29, 0.717) is 19.5 Å². The minimum absolute atomic E-state index is 0.129. The van der Waals surface area contributed by atoms with Gasteiger partial charge in [0.15, 0.2) is 6.10 Å². The molecule has 5 nitrogen and oxygen atoms in total. The van der Waals surface area contributed by atoms with E-state index in [1.54, 1.807) is 6.92 Å². The fourth-order valence-electron chi connectivity index (χ4n) is 4.39. The Morgan fingerprint density at radius 3 is 2.63 bits per heavy atom. The first kappa shape index (κ1) is 20.5. The SMILES string of the molecule is C[C@H](Oc1cccc2c1CCCC2)C(=O)NCc1ccccc1CN1CCCC1=O. The van der Waals surface area contributed by atoms with Crippen LogP contribution in [0.15, 0.2) is 42.5 Å². The summed E-state index contributed by atoms with van der Waals surface area (Å²) < 4.78 is 6.05. The lowest BCUT2D eigenvalue weighted by molar-refractivity contribution is -0.128. The molecular weight excluding hydrogens is 376 g/mol. The maximum atomic E-state index is 12.7. The molecule has 5 heteroatoms. The quantitative estimate of drug-likeness (QED) is 0.761. The summed E-state index contributed by atoms with van der Waals surface area (Å²) in [6.45, 7) is 3.64. The second-order valence-electron chi connectivity index (χ2n) is 8.27. The number of carbonyl (C=O) groups is 2. The summed E-state index contributed by atoms with van der Waals surface area (Å²) in [5.74, 6) is 0.917. The van der Waals surface area contributed by atoms with E-state index < -0.39 is 6.10 Å². The molecule has 1 atom stereocenters. The maximum absolute atomic E-state index is 12.7. The van der Waals surface area contributed by atoms with Crippen molar-refractivity contribution in [2.75, 3.05) is 6.54 Å². The monoisotopic (exact) mass is 406 g/mol. The Balaban J connectivity index is 1.36. The van der Waals surface area contributed by atoms with Gasteiger partial charge in [-0.05, 0) is 67.3 Å². The number of amides is 2. The van der Waals surface area contributed by atoms with Gasteiger partial charge < -0.3 is 15.0 Å². The maximum Gasteiger partial charge on any atom is 0.261 e. The number of rotatable bonds is 7. The third-order valence-corrected chi connectivity index (χ3v) is 6.13. The van der Waals surface area contributed by atoms with Crippen molar-refractivity contribution in [2.45, 2.75) is 64.6 Å². The van der Waals surface area contributed by atoms with E-state index in [9.17, 15) is 9.59 Å². The van der Waals surface area contributed by atoms with Crippen LogP contribution in [0, 0.1) is 0 Å². The van der Waals surface area contributed by atoms with Gasteiger partial charge in [0, 0.05) is 26.1 Å². The summed E-state index contributed by atoms with van der Waals surface area (Å²) in [5.41, 5.74) is 4.72. The van der Waals surface area contributed by atoms with Gasteiger partial charge in [-0.25, -0.2) is 0 Å². The molecule has 158 valence electrons. The molecule has 1 saturated heterocycles. The molecule has 2 amide bonds. The molecule has 0 aromatic heterocycles. The molecule has 1 heterocycles. The van der Waals surface area contributed by atoms with E-state index in [0.717, 1.165) is 42.7 Å². The van der Waals surface area contributed by atoms with Gasteiger partial charge >= 0.3 is 0 Å². The lowest BCUT2D eigenvalue weighted by Gasteiger charge is -2.22. The summed E-state index contributed by atoms with van der Waals surface area (Å²) in [4.78, 5) is 26.6. The van der Waals surface area contributed by atoms with Crippen molar-refractivity contribution in [3.63, 3.8) is 0 Å². The van der Waals surface area contributed by atoms with Crippen LogP contribution in [0.3, 0.4) is 0 Å². The summed E-state index contributed by atoms with van der Waals surface area (Å²) in [6.07, 6.45) is 5.49. The van der Waals surface area contributed by atoms with E-state index in [1.165, 1.54) is 24.0 Å². The highest BCUT2D eigenvalue weighted by Crippen LogP contribution is 2.30. The largest absolute Gasteiger partial charge is 0.481 e. The first-order chi connectivity index (χ1) is 14.6. The van der Waals surface area contributed by atoms with Gasteiger partial charge in [0.25, 0.3) is 5.91 Å². The van der Waals surface area contributed by atoms with E-state index >= 15 is 0 Å². The first-order valence-electron chi connectivity index (χ1n) is 11.0. The van der Waals surface area contributed by atoms with E-state index in [4.69, 9.17) is 4.74 Å². The smallest absolute Gasteiger partial charge is 0.261 e. The normalized spacial score (nSPS) is 16.8. The van der Waals surface area contributed by atoms with Gasteiger partial charge in [-0.15, -0.1) is 0 Å². The number of fused-ring (bicyclic) bond motifs is 1. The molecule has 0 unspecified atom stereocenters. The third-order valence-electron chi connectivity index (χ3n) is 6.13. The Morgan fingerprint density at radius 2 is 1.83 bits per heavy atom. The third kappa shape index (κ3) is 4.66. The molecular formula is C25H30N2O3. The zero-order valence-electron chi connectivity index (χ0n) is 17.7. The molecule has 0 saturated carbocycles. The lowest BCUT2D eigenvalue weighted by atomic mass is 9.91. The molecule has 1 aliphatic carbocycles. The van der Waals surface area contributed by atoms with Gasteiger partial charge in [-0.1, -0.05) is 36.4 Å². The number of aryl methyl sites for hydroxylation is 1. The number of benzene rings is 2. The van der Waals surface area contributed by atoms with E-state index in [2.05, 4.69) is 11.4 Å². The average molecular weight is 407 g/mol. The van der Waals surface area contributed by atoms with Crippen molar-refractivity contribution in [2.24, 2.45) is 0 Å². The Bertz CT molecular complexity index is 924. The minimum atomic E-state index is -0.564. The van der Waals surface area contributed by atoms with Crippen molar-refractivity contribution in [3.05, 3.63) is 64.7 Å². The van der Waals surface area contributed by atoms with Gasteiger partial charge in [0.2, 0.25) is 5.91 Å². The first-order valence-corrected chi connectivity index (χ1v) is 11.0. The molecule has 2 aliphatic rings. The van der Waals surface area contributed by atoms with E-state index in [-0.39, 0.29) is 11.8 Å². The number of nitrogens with zero attached hydrogens (tertiary/aromatic N) is 1. The van der Waals surface area contributed by atoms with Gasteiger partial charge in [0.05, 0.1) is 0 Å². The second-order valence-corrected chi connectivity index (χ2v) is 8.27. The predicted octanol–water partition coefficient (Wildman–Crippen LogP) is 3.77. The van der Waals surface area contributed by atoms with Crippen molar-refractivity contribution in [3.8, 4) is 5.75 Å². The number of hydrogen-bond donors (Lipinski definition) is 1. The topological polar surface area (TPSA) is 58.6 Å². The molecule has 1 N–H and O–H groups in total. The zero-order chi connectivity index (χ0) is 20.9. The highest BCUT2D eigenvalue weighted by atomic mass is 16.5. The second kappa shape index (κ2) is 9.33. The Hall–Kier alpha value is -2.82.